The molecule has 0 fully saturated rings. The number of hydrogen-bond donors (Lipinski definition) is 0. The van der Waals surface area contributed by atoms with Gasteiger partial charge in [0.05, 0.1) is 22.1 Å². The van der Waals surface area contributed by atoms with E-state index < -0.39 is 5.82 Å². The molecule has 0 spiro atoms. The van der Waals surface area contributed by atoms with E-state index in [0.717, 1.165) is 17.7 Å². The zero-order valence-electron chi connectivity index (χ0n) is 12.8. The quantitative estimate of drug-likeness (QED) is 0.464. The first-order chi connectivity index (χ1) is 10.9. The fraction of sp³-hybridized carbons (Fsp3) is 0.235. The Morgan fingerprint density at radius 2 is 1.83 bits per heavy atom. The standard InChI is InChI=1S/C17H16Cl3FN2/c1-3-23(2)10-22-17-9-13(18)12(8-15(17)20)6-11-4-5-16(21)14(19)7-11/h4-5,7-10H,3,6H2,1-2H3. The highest BCUT2D eigenvalue weighted by atomic mass is 35.5. The minimum Gasteiger partial charge on any atom is -0.366 e. The van der Waals surface area contributed by atoms with E-state index in [1.54, 1.807) is 30.6 Å². The van der Waals surface area contributed by atoms with Crippen LogP contribution in [0.25, 0.3) is 0 Å². The topological polar surface area (TPSA) is 15.6 Å². The van der Waals surface area contributed by atoms with E-state index >= 15 is 0 Å². The highest BCUT2D eigenvalue weighted by Crippen LogP contribution is 2.32. The summed E-state index contributed by atoms with van der Waals surface area (Å²) in [5.41, 5.74) is 2.30. The van der Waals surface area contributed by atoms with Gasteiger partial charge in [-0.2, -0.15) is 0 Å². The van der Waals surface area contributed by atoms with Crippen LogP contribution in [0.4, 0.5) is 10.1 Å². The molecule has 0 aliphatic rings. The van der Waals surface area contributed by atoms with E-state index in [1.807, 2.05) is 18.9 Å². The van der Waals surface area contributed by atoms with Gasteiger partial charge in [0.1, 0.15) is 5.82 Å². The molecule has 2 nitrogen and oxygen atoms in total. The molecule has 0 saturated carbocycles. The van der Waals surface area contributed by atoms with Crippen LogP contribution in [0.2, 0.25) is 15.1 Å². The fourth-order valence-corrected chi connectivity index (χ4v) is 2.59. The maximum absolute atomic E-state index is 13.2. The first-order valence-corrected chi connectivity index (χ1v) is 8.20. The van der Waals surface area contributed by atoms with E-state index in [2.05, 4.69) is 4.99 Å². The van der Waals surface area contributed by atoms with Crippen molar-refractivity contribution in [2.75, 3.05) is 13.6 Å². The molecule has 2 rings (SSSR count). The van der Waals surface area contributed by atoms with E-state index in [1.165, 1.54) is 6.07 Å². The summed E-state index contributed by atoms with van der Waals surface area (Å²) in [7, 11) is 1.92. The summed E-state index contributed by atoms with van der Waals surface area (Å²) in [6, 6.07) is 8.10. The number of benzene rings is 2. The maximum Gasteiger partial charge on any atom is 0.141 e. The van der Waals surface area contributed by atoms with Gasteiger partial charge in [0.25, 0.3) is 0 Å². The van der Waals surface area contributed by atoms with Crippen molar-refractivity contribution in [3.05, 3.63) is 62.3 Å². The molecule has 2 aromatic rings. The molecule has 2 aromatic carbocycles. The molecule has 0 heterocycles. The smallest absolute Gasteiger partial charge is 0.141 e. The van der Waals surface area contributed by atoms with Crippen molar-refractivity contribution in [1.29, 1.82) is 0 Å². The molecule has 23 heavy (non-hydrogen) atoms. The lowest BCUT2D eigenvalue weighted by Crippen LogP contribution is -2.14. The number of rotatable bonds is 5. The second-order valence-corrected chi connectivity index (χ2v) is 6.36. The third-order valence-corrected chi connectivity index (χ3v) is 4.33. The zero-order valence-corrected chi connectivity index (χ0v) is 15.1. The summed E-state index contributed by atoms with van der Waals surface area (Å²) in [6.45, 7) is 2.87. The van der Waals surface area contributed by atoms with Crippen LogP contribution in [0.15, 0.2) is 35.3 Å². The molecule has 0 N–H and O–H groups in total. The second kappa shape index (κ2) is 8.00. The van der Waals surface area contributed by atoms with Gasteiger partial charge in [-0.3, -0.25) is 0 Å². The van der Waals surface area contributed by atoms with Gasteiger partial charge in [-0.05, 0) is 48.7 Å². The molecular formula is C17H16Cl3FN2. The van der Waals surface area contributed by atoms with Crippen LogP contribution >= 0.6 is 34.8 Å². The molecule has 6 heteroatoms. The Bertz CT molecular complexity index is 732. The van der Waals surface area contributed by atoms with Crippen LogP contribution in [-0.2, 0) is 6.42 Å². The summed E-state index contributed by atoms with van der Waals surface area (Å²) in [5.74, 6) is -0.440. The largest absolute Gasteiger partial charge is 0.366 e. The molecule has 0 aromatic heterocycles. The van der Waals surface area contributed by atoms with Crippen molar-refractivity contribution in [2.24, 2.45) is 4.99 Å². The van der Waals surface area contributed by atoms with Crippen molar-refractivity contribution in [3.63, 3.8) is 0 Å². The lowest BCUT2D eigenvalue weighted by atomic mass is 10.0. The van der Waals surface area contributed by atoms with E-state index in [4.69, 9.17) is 34.8 Å². The molecule has 0 aliphatic carbocycles. The van der Waals surface area contributed by atoms with Gasteiger partial charge in [-0.15, -0.1) is 0 Å². The normalized spacial score (nSPS) is 11.2. The SMILES string of the molecule is CCN(C)C=Nc1cc(Cl)c(Cc2ccc(F)c(Cl)c2)cc1Cl. The minimum atomic E-state index is -0.440. The summed E-state index contributed by atoms with van der Waals surface area (Å²) < 4.78 is 13.2. The average Bonchev–Trinajstić information content (AvgIpc) is 2.52. The Morgan fingerprint density at radius 1 is 1.09 bits per heavy atom. The van der Waals surface area contributed by atoms with Gasteiger partial charge in [-0.25, -0.2) is 9.38 Å². The van der Waals surface area contributed by atoms with Crippen molar-refractivity contribution in [3.8, 4) is 0 Å². The van der Waals surface area contributed by atoms with Gasteiger partial charge in [-0.1, -0.05) is 40.9 Å². The number of halogens is 4. The van der Waals surface area contributed by atoms with Crippen molar-refractivity contribution < 1.29 is 4.39 Å². The van der Waals surface area contributed by atoms with E-state index in [-0.39, 0.29) is 5.02 Å². The van der Waals surface area contributed by atoms with Gasteiger partial charge in [0.2, 0.25) is 0 Å². The molecule has 0 atom stereocenters. The lowest BCUT2D eigenvalue weighted by molar-refractivity contribution is 0.552. The van der Waals surface area contributed by atoms with Crippen molar-refractivity contribution in [1.82, 2.24) is 4.90 Å². The van der Waals surface area contributed by atoms with E-state index in [9.17, 15) is 4.39 Å². The Balaban J connectivity index is 2.25. The number of hydrogen-bond acceptors (Lipinski definition) is 1. The van der Waals surface area contributed by atoms with Crippen LogP contribution in [0, 0.1) is 5.82 Å². The highest BCUT2D eigenvalue weighted by molar-refractivity contribution is 6.35. The first kappa shape index (κ1) is 18.1. The molecule has 0 amide bonds. The van der Waals surface area contributed by atoms with Crippen molar-refractivity contribution in [2.45, 2.75) is 13.3 Å². The second-order valence-electron chi connectivity index (χ2n) is 5.14. The van der Waals surface area contributed by atoms with Crippen LogP contribution < -0.4 is 0 Å². The number of aliphatic imine (C=N–C) groups is 1. The van der Waals surface area contributed by atoms with Crippen LogP contribution in [0.1, 0.15) is 18.1 Å². The van der Waals surface area contributed by atoms with Crippen molar-refractivity contribution >= 4 is 46.8 Å². The van der Waals surface area contributed by atoms with Gasteiger partial charge >= 0.3 is 0 Å². The third-order valence-electron chi connectivity index (χ3n) is 3.39. The molecule has 0 saturated heterocycles. The molecule has 0 bridgehead atoms. The third kappa shape index (κ3) is 4.84. The zero-order chi connectivity index (χ0) is 17.0. The molecule has 0 radical (unpaired) electrons. The highest BCUT2D eigenvalue weighted by Gasteiger charge is 2.09. The Kier molecular flexibility index (Phi) is 6.28. The van der Waals surface area contributed by atoms with Gasteiger partial charge in [0, 0.05) is 18.6 Å². The van der Waals surface area contributed by atoms with E-state index in [0.29, 0.717) is 22.2 Å². The van der Waals surface area contributed by atoms with Gasteiger partial charge in [0.15, 0.2) is 0 Å². The van der Waals surface area contributed by atoms with Crippen LogP contribution in [0.5, 0.6) is 0 Å². The summed E-state index contributed by atoms with van der Waals surface area (Å²) in [5, 5.41) is 1.16. The monoisotopic (exact) mass is 372 g/mol. The molecule has 122 valence electrons. The first-order valence-electron chi connectivity index (χ1n) is 7.07. The molecule has 0 unspecified atom stereocenters. The summed E-state index contributed by atoms with van der Waals surface area (Å²) in [6.07, 6.45) is 2.22. The Morgan fingerprint density at radius 3 is 2.48 bits per heavy atom. The van der Waals surface area contributed by atoms with Crippen LogP contribution in [0.3, 0.4) is 0 Å². The van der Waals surface area contributed by atoms with Crippen LogP contribution in [-0.4, -0.2) is 24.8 Å². The molecule has 0 aliphatic heterocycles. The predicted octanol–water partition coefficient (Wildman–Crippen LogP) is 5.99. The predicted molar refractivity (Wildman–Crippen MR) is 97.1 cm³/mol. The molecular weight excluding hydrogens is 358 g/mol. The fourth-order valence-electron chi connectivity index (χ4n) is 1.92. The maximum atomic E-state index is 13.2. The number of nitrogens with zero attached hydrogens (tertiary/aromatic N) is 2. The summed E-state index contributed by atoms with van der Waals surface area (Å²) in [4.78, 5) is 6.25. The Hall–Kier alpha value is -1.29. The average molecular weight is 374 g/mol. The van der Waals surface area contributed by atoms with Gasteiger partial charge < -0.3 is 4.90 Å². The Labute approximate surface area is 150 Å². The summed E-state index contributed by atoms with van der Waals surface area (Å²) >= 11 is 18.4. The minimum absolute atomic E-state index is 0.0912. The lowest BCUT2D eigenvalue weighted by Gasteiger charge is -2.10.